The van der Waals surface area contributed by atoms with Crippen molar-refractivity contribution in [3.8, 4) is 5.75 Å². The van der Waals surface area contributed by atoms with Crippen molar-refractivity contribution in [2.75, 3.05) is 33.3 Å². The highest BCUT2D eigenvalue weighted by Crippen LogP contribution is 2.20. The zero-order chi connectivity index (χ0) is 13.0. The number of nitrogens with one attached hydrogen (secondary N) is 1. The second kappa shape index (κ2) is 5.84. The number of nitrogens with two attached hydrogens (primary N) is 1. The maximum Gasteiger partial charge on any atom is 0.258 e. The van der Waals surface area contributed by atoms with Crippen LogP contribution in [0.3, 0.4) is 0 Å². The Morgan fingerprint density at radius 2 is 2.33 bits per heavy atom. The van der Waals surface area contributed by atoms with Crippen LogP contribution >= 0.6 is 0 Å². The molecular weight excluding hydrogens is 230 g/mol. The molecule has 5 nitrogen and oxygen atoms in total. The van der Waals surface area contributed by atoms with Gasteiger partial charge in [-0.1, -0.05) is 12.1 Å². The molecule has 1 aromatic rings. The molecule has 0 bridgehead atoms. The summed E-state index contributed by atoms with van der Waals surface area (Å²) >= 11 is 0. The number of carbonyl (C=O) groups is 1. The lowest BCUT2D eigenvalue weighted by molar-refractivity contribution is 0.0641. The van der Waals surface area contributed by atoms with Gasteiger partial charge >= 0.3 is 0 Å². The molecule has 98 valence electrons. The first-order valence-electron chi connectivity index (χ1n) is 6.12. The van der Waals surface area contributed by atoms with Crippen LogP contribution in [0.25, 0.3) is 0 Å². The summed E-state index contributed by atoms with van der Waals surface area (Å²) in [5, 5.41) is 3.25. The standard InChI is InChI=1S/C13H19N3O2/c1-18-12-5-3-2-4-11(12)13(17)16-7-6-15-9-10(16)8-14/h2-5,10,15H,6-9,14H2,1H3. The average molecular weight is 249 g/mol. The quantitative estimate of drug-likeness (QED) is 0.795. The number of nitrogens with zero attached hydrogens (tertiary/aromatic N) is 1. The van der Waals surface area contributed by atoms with Gasteiger partial charge in [0.05, 0.1) is 18.7 Å². The summed E-state index contributed by atoms with van der Waals surface area (Å²) in [6.45, 7) is 2.70. The normalized spacial score (nSPS) is 19.7. The van der Waals surface area contributed by atoms with E-state index in [9.17, 15) is 4.79 Å². The number of rotatable bonds is 3. The zero-order valence-corrected chi connectivity index (χ0v) is 10.6. The number of carbonyl (C=O) groups excluding carboxylic acids is 1. The average Bonchev–Trinajstić information content (AvgIpc) is 2.46. The Bertz CT molecular complexity index is 422. The Hall–Kier alpha value is -1.59. The van der Waals surface area contributed by atoms with Gasteiger partial charge in [0.25, 0.3) is 5.91 Å². The van der Waals surface area contributed by atoms with Crippen molar-refractivity contribution in [1.29, 1.82) is 0 Å². The first kappa shape index (κ1) is 12.9. The molecule has 3 N–H and O–H groups in total. The van der Waals surface area contributed by atoms with Crippen LogP contribution < -0.4 is 15.8 Å². The highest BCUT2D eigenvalue weighted by atomic mass is 16.5. The largest absolute Gasteiger partial charge is 0.496 e. The van der Waals surface area contributed by atoms with E-state index >= 15 is 0 Å². The molecule has 1 aliphatic rings. The van der Waals surface area contributed by atoms with Gasteiger partial charge in [-0.3, -0.25) is 4.79 Å². The lowest BCUT2D eigenvalue weighted by Gasteiger charge is -2.35. The molecule has 1 aliphatic heterocycles. The van der Waals surface area contributed by atoms with E-state index in [2.05, 4.69) is 5.32 Å². The highest BCUT2D eigenvalue weighted by Gasteiger charge is 2.27. The van der Waals surface area contributed by atoms with Crippen molar-refractivity contribution < 1.29 is 9.53 Å². The van der Waals surface area contributed by atoms with E-state index in [0.29, 0.717) is 24.4 Å². The SMILES string of the molecule is COc1ccccc1C(=O)N1CCNCC1CN. The molecular formula is C13H19N3O2. The molecule has 0 radical (unpaired) electrons. The molecule has 2 rings (SSSR count). The molecule has 1 saturated heterocycles. The molecule has 5 heteroatoms. The van der Waals surface area contributed by atoms with Crippen molar-refractivity contribution >= 4 is 5.91 Å². The first-order chi connectivity index (χ1) is 8.77. The van der Waals surface area contributed by atoms with E-state index in [-0.39, 0.29) is 11.9 Å². The molecule has 0 aromatic heterocycles. The summed E-state index contributed by atoms with van der Waals surface area (Å²) in [4.78, 5) is 14.3. The number of piperazine rings is 1. The summed E-state index contributed by atoms with van der Waals surface area (Å²) in [5.74, 6) is 0.598. The van der Waals surface area contributed by atoms with Crippen LogP contribution in [0.1, 0.15) is 10.4 Å². The second-order valence-corrected chi connectivity index (χ2v) is 4.29. The number of methoxy groups -OCH3 is 1. The fourth-order valence-corrected chi connectivity index (χ4v) is 2.21. The van der Waals surface area contributed by atoms with Crippen molar-refractivity contribution in [3.63, 3.8) is 0 Å². The summed E-state index contributed by atoms with van der Waals surface area (Å²) in [7, 11) is 1.57. The Morgan fingerprint density at radius 3 is 3.06 bits per heavy atom. The van der Waals surface area contributed by atoms with Gasteiger partial charge in [0.1, 0.15) is 5.75 Å². The van der Waals surface area contributed by atoms with Crippen LogP contribution in [0, 0.1) is 0 Å². The number of ether oxygens (including phenoxy) is 1. The van der Waals surface area contributed by atoms with Gasteiger partial charge in [0.2, 0.25) is 0 Å². The van der Waals surface area contributed by atoms with Gasteiger partial charge in [0.15, 0.2) is 0 Å². The number of benzene rings is 1. The van der Waals surface area contributed by atoms with E-state index in [1.165, 1.54) is 0 Å². The minimum Gasteiger partial charge on any atom is -0.496 e. The van der Waals surface area contributed by atoms with Crippen LogP contribution in [-0.4, -0.2) is 50.1 Å². The van der Waals surface area contributed by atoms with Crippen LogP contribution in [0.2, 0.25) is 0 Å². The molecule has 1 heterocycles. The van der Waals surface area contributed by atoms with Gasteiger partial charge in [-0.25, -0.2) is 0 Å². The monoisotopic (exact) mass is 249 g/mol. The molecule has 18 heavy (non-hydrogen) atoms. The van der Waals surface area contributed by atoms with Crippen LogP contribution in [0.15, 0.2) is 24.3 Å². The summed E-state index contributed by atoms with van der Waals surface area (Å²) in [5.41, 5.74) is 6.31. The minimum atomic E-state index is -0.00981. The predicted molar refractivity (Wildman–Crippen MR) is 69.7 cm³/mol. The van der Waals surface area contributed by atoms with E-state index < -0.39 is 0 Å². The summed E-state index contributed by atoms with van der Waals surface area (Å²) in [6, 6.07) is 7.34. The third kappa shape index (κ3) is 2.47. The fraction of sp³-hybridized carbons (Fsp3) is 0.462. The summed E-state index contributed by atoms with van der Waals surface area (Å²) in [6.07, 6.45) is 0. The van der Waals surface area contributed by atoms with E-state index in [4.69, 9.17) is 10.5 Å². The number of amides is 1. The van der Waals surface area contributed by atoms with Gasteiger partial charge in [-0.05, 0) is 12.1 Å². The Morgan fingerprint density at radius 1 is 1.56 bits per heavy atom. The van der Waals surface area contributed by atoms with E-state index in [1.807, 2.05) is 17.0 Å². The molecule has 0 spiro atoms. The lowest BCUT2D eigenvalue weighted by atomic mass is 10.1. The first-order valence-corrected chi connectivity index (χ1v) is 6.12. The van der Waals surface area contributed by atoms with Crippen molar-refractivity contribution in [3.05, 3.63) is 29.8 Å². The summed E-state index contributed by atoms with van der Waals surface area (Å²) < 4.78 is 5.23. The molecule has 1 unspecified atom stereocenters. The van der Waals surface area contributed by atoms with Gasteiger partial charge in [-0.2, -0.15) is 0 Å². The van der Waals surface area contributed by atoms with E-state index in [1.54, 1.807) is 19.2 Å². The van der Waals surface area contributed by atoms with Crippen molar-refractivity contribution in [2.45, 2.75) is 6.04 Å². The molecule has 1 aromatic carbocycles. The maximum atomic E-state index is 12.5. The third-order valence-electron chi connectivity index (χ3n) is 3.22. The smallest absolute Gasteiger partial charge is 0.258 e. The Kier molecular flexibility index (Phi) is 4.17. The predicted octanol–water partition coefficient (Wildman–Crippen LogP) is 0.0679. The number of para-hydroxylation sites is 1. The maximum absolute atomic E-state index is 12.5. The van der Waals surface area contributed by atoms with Gasteiger partial charge < -0.3 is 20.7 Å². The zero-order valence-electron chi connectivity index (χ0n) is 10.6. The van der Waals surface area contributed by atoms with E-state index in [0.717, 1.165) is 13.1 Å². The molecule has 1 atom stereocenters. The van der Waals surface area contributed by atoms with Crippen molar-refractivity contribution in [1.82, 2.24) is 10.2 Å². The molecule has 1 fully saturated rings. The molecule has 0 saturated carbocycles. The third-order valence-corrected chi connectivity index (χ3v) is 3.22. The number of hydrogen-bond donors (Lipinski definition) is 2. The molecule has 0 aliphatic carbocycles. The van der Waals surface area contributed by atoms with Crippen LogP contribution in [0.4, 0.5) is 0 Å². The Labute approximate surface area is 107 Å². The number of hydrogen-bond acceptors (Lipinski definition) is 4. The lowest BCUT2D eigenvalue weighted by Crippen LogP contribution is -2.56. The molecule has 1 amide bonds. The van der Waals surface area contributed by atoms with Crippen LogP contribution in [0.5, 0.6) is 5.75 Å². The highest BCUT2D eigenvalue weighted by molar-refractivity contribution is 5.97. The van der Waals surface area contributed by atoms with Gasteiger partial charge in [0, 0.05) is 26.2 Å². The topological polar surface area (TPSA) is 67.6 Å². The minimum absolute atomic E-state index is 0.00981. The fourth-order valence-electron chi connectivity index (χ4n) is 2.21. The Balaban J connectivity index is 2.24. The van der Waals surface area contributed by atoms with Crippen LogP contribution in [-0.2, 0) is 0 Å². The van der Waals surface area contributed by atoms with Crippen molar-refractivity contribution in [2.24, 2.45) is 5.73 Å². The van der Waals surface area contributed by atoms with Gasteiger partial charge in [-0.15, -0.1) is 0 Å². The second-order valence-electron chi connectivity index (χ2n) is 4.29.